The fourth-order valence-electron chi connectivity index (χ4n) is 2.16. The first-order valence-corrected chi connectivity index (χ1v) is 6.31. The number of hydrogen-bond donors (Lipinski definition) is 1. The van der Waals surface area contributed by atoms with Crippen LogP contribution in [0.25, 0.3) is 0 Å². The van der Waals surface area contributed by atoms with Gasteiger partial charge in [0.1, 0.15) is 0 Å². The van der Waals surface area contributed by atoms with Gasteiger partial charge in [0.15, 0.2) is 0 Å². The molecule has 0 aliphatic carbocycles. The molecule has 0 spiro atoms. The van der Waals surface area contributed by atoms with Crippen molar-refractivity contribution >= 4 is 11.6 Å². The summed E-state index contributed by atoms with van der Waals surface area (Å²) in [4.78, 5) is 14.0. The van der Waals surface area contributed by atoms with E-state index in [4.69, 9.17) is 5.26 Å². The standard InChI is InChI=1S/C14H17N3O/c1-2-8-16-13-7-9-17(14(13)18)12-5-3-11(10-15)4-6-12/h3-6,13,16H,2,7-9H2,1H3. The second kappa shape index (κ2) is 5.65. The number of nitriles is 1. The average molecular weight is 243 g/mol. The highest BCUT2D eigenvalue weighted by Crippen LogP contribution is 2.21. The maximum absolute atomic E-state index is 12.2. The van der Waals surface area contributed by atoms with E-state index in [2.05, 4.69) is 18.3 Å². The van der Waals surface area contributed by atoms with Crippen molar-refractivity contribution in [2.45, 2.75) is 25.8 Å². The molecule has 1 heterocycles. The lowest BCUT2D eigenvalue weighted by Crippen LogP contribution is -2.38. The van der Waals surface area contributed by atoms with Crippen LogP contribution in [0.3, 0.4) is 0 Å². The summed E-state index contributed by atoms with van der Waals surface area (Å²) < 4.78 is 0. The molecule has 1 fully saturated rings. The molecule has 1 amide bonds. The topological polar surface area (TPSA) is 56.1 Å². The minimum atomic E-state index is -0.0550. The summed E-state index contributed by atoms with van der Waals surface area (Å²) in [6.07, 6.45) is 1.87. The summed E-state index contributed by atoms with van der Waals surface area (Å²) in [6, 6.07) is 9.18. The van der Waals surface area contributed by atoms with E-state index < -0.39 is 0 Å². The van der Waals surface area contributed by atoms with Crippen molar-refractivity contribution in [3.63, 3.8) is 0 Å². The van der Waals surface area contributed by atoms with Gasteiger partial charge in [-0.05, 0) is 43.7 Å². The third-order valence-electron chi connectivity index (χ3n) is 3.15. The smallest absolute Gasteiger partial charge is 0.244 e. The highest BCUT2D eigenvalue weighted by Gasteiger charge is 2.31. The fraction of sp³-hybridized carbons (Fsp3) is 0.429. The number of carbonyl (C=O) groups is 1. The maximum Gasteiger partial charge on any atom is 0.244 e. The number of nitrogens with one attached hydrogen (secondary N) is 1. The Morgan fingerprint density at radius 2 is 2.17 bits per heavy atom. The van der Waals surface area contributed by atoms with E-state index >= 15 is 0 Å². The molecule has 0 bridgehead atoms. The Balaban J connectivity index is 2.06. The van der Waals surface area contributed by atoms with Gasteiger partial charge in [0.25, 0.3) is 0 Å². The van der Waals surface area contributed by atoms with E-state index in [1.807, 2.05) is 12.1 Å². The molecule has 0 saturated carbocycles. The van der Waals surface area contributed by atoms with E-state index in [1.165, 1.54) is 0 Å². The van der Waals surface area contributed by atoms with Crippen LogP contribution in [0, 0.1) is 11.3 Å². The third-order valence-corrected chi connectivity index (χ3v) is 3.15. The average Bonchev–Trinajstić information content (AvgIpc) is 2.78. The Labute approximate surface area is 107 Å². The normalized spacial score (nSPS) is 19.0. The Bertz CT molecular complexity index is 461. The lowest BCUT2D eigenvalue weighted by Gasteiger charge is -2.17. The number of carbonyl (C=O) groups excluding carboxylic acids is 1. The Morgan fingerprint density at radius 1 is 1.44 bits per heavy atom. The second-order valence-electron chi connectivity index (χ2n) is 4.44. The van der Waals surface area contributed by atoms with Crippen molar-refractivity contribution in [1.82, 2.24) is 5.32 Å². The first kappa shape index (κ1) is 12.6. The van der Waals surface area contributed by atoms with Gasteiger partial charge in [-0.2, -0.15) is 5.26 Å². The molecular weight excluding hydrogens is 226 g/mol. The van der Waals surface area contributed by atoms with Crippen LogP contribution in [0.1, 0.15) is 25.3 Å². The van der Waals surface area contributed by atoms with Gasteiger partial charge in [-0.3, -0.25) is 4.79 Å². The molecule has 1 N–H and O–H groups in total. The van der Waals surface area contributed by atoms with Crippen LogP contribution in [-0.2, 0) is 4.79 Å². The number of rotatable bonds is 4. The van der Waals surface area contributed by atoms with Gasteiger partial charge in [-0.1, -0.05) is 6.92 Å². The monoisotopic (exact) mass is 243 g/mol. The molecule has 0 aromatic heterocycles. The summed E-state index contributed by atoms with van der Waals surface area (Å²) in [6.45, 7) is 3.70. The first-order chi connectivity index (χ1) is 8.76. The Kier molecular flexibility index (Phi) is 3.96. The van der Waals surface area contributed by atoms with Gasteiger partial charge in [0.2, 0.25) is 5.91 Å². The zero-order valence-electron chi connectivity index (χ0n) is 10.5. The molecule has 1 saturated heterocycles. The maximum atomic E-state index is 12.2. The molecule has 1 aromatic carbocycles. The molecule has 1 unspecified atom stereocenters. The predicted octanol–water partition coefficient (Wildman–Crippen LogP) is 1.66. The summed E-state index contributed by atoms with van der Waals surface area (Å²) in [7, 11) is 0. The lowest BCUT2D eigenvalue weighted by atomic mass is 10.2. The summed E-state index contributed by atoms with van der Waals surface area (Å²) in [5, 5.41) is 12.0. The highest BCUT2D eigenvalue weighted by atomic mass is 16.2. The van der Waals surface area contributed by atoms with Crippen molar-refractivity contribution in [1.29, 1.82) is 5.26 Å². The second-order valence-corrected chi connectivity index (χ2v) is 4.44. The van der Waals surface area contributed by atoms with Crippen LogP contribution in [0.2, 0.25) is 0 Å². The molecule has 1 aromatic rings. The number of nitrogens with zero attached hydrogens (tertiary/aromatic N) is 2. The molecule has 1 atom stereocenters. The molecule has 4 nitrogen and oxygen atoms in total. The number of anilines is 1. The minimum absolute atomic E-state index is 0.0550. The van der Waals surface area contributed by atoms with E-state index in [0.29, 0.717) is 5.56 Å². The summed E-state index contributed by atoms with van der Waals surface area (Å²) in [5.74, 6) is 0.133. The SMILES string of the molecule is CCCNC1CCN(c2ccc(C#N)cc2)C1=O. The molecular formula is C14H17N3O. The van der Waals surface area contributed by atoms with E-state index in [9.17, 15) is 4.79 Å². The van der Waals surface area contributed by atoms with Gasteiger partial charge in [-0.25, -0.2) is 0 Å². The van der Waals surface area contributed by atoms with Gasteiger partial charge >= 0.3 is 0 Å². The van der Waals surface area contributed by atoms with Crippen molar-refractivity contribution < 1.29 is 4.79 Å². The minimum Gasteiger partial charge on any atom is -0.311 e. The van der Waals surface area contributed by atoms with Gasteiger partial charge < -0.3 is 10.2 Å². The quantitative estimate of drug-likeness (QED) is 0.875. The molecule has 1 aliphatic rings. The van der Waals surface area contributed by atoms with Crippen molar-refractivity contribution in [2.75, 3.05) is 18.0 Å². The Hall–Kier alpha value is -1.86. The Morgan fingerprint density at radius 3 is 2.78 bits per heavy atom. The number of hydrogen-bond acceptors (Lipinski definition) is 3. The van der Waals surface area contributed by atoms with Crippen LogP contribution in [0.4, 0.5) is 5.69 Å². The van der Waals surface area contributed by atoms with Gasteiger partial charge in [0.05, 0.1) is 17.7 Å². The van der Waals surface area contributed by atoms with Crippen LogP contribution >= 0.6 is 0 Å². The largest absolute Gasteiger partial charge is 0.311 e. The fourth-order valence-corrected chi connectivity index (χ4v) is 2.16. The molecule has 4 heteroatoms. The number of amides is 1. The zero-order chi connectivity index (χ0) is 13.0. The van der Waals surface area contributed by atoms with Crippen LogP contribution in [0.15, 0.2) is 24.3 Å². The third kappa shape index (κ3) is 2.52. The summed E-state index contributed by atoms with van der Waals surface area (Å²) in [5.41, 5.74) is 1.49. The van der Waals surface area contributed by atoms with Gasteiger partial charge in [-0.15, -0.1) is 0 Å². The number of benzene rings is 1. The van der Waals surface area contributed by atoms with Crippen molar-refractivity contribution in [3.8, 4) is 6.07 Å². The highest BCUT2D eigenvalue weighted by molar-refractivity contribution is 5.99. The zero-order valence-corrected chi connectivity index (χ0v) is 10.5. The lowest BCUT2D eigenvalue weighted by molar-refractivity contribution is -0.118. The van der Waals surface area contributed by atoms with E-state index in [-0.39, 0.29) is 11.9 Å². The van der Waals surface area contributed by atoms with E-state index in [0.717, 1.165) is 31.6 Å². The van der Waals surface area contributed by atoms with Crippen molar-refractivity contribution in [3.05, 3.63) is 29.8 Å². The van der Waals surface area contributed by atoms with E-state index in [1.54, 1.807) is 17.0 Å². The molecule has 0 radical (unpaired) electrons. The first-order valence-electron chi connectivity index (χ1n) is 6.31. The molecule has 1 aliphatic heterocycles. The van der Waals surface area contributed by atoms with Crippen LogP contribution < -0.4 is 10.2 Å². The summed E-state index contributed by atoms with van der Waals surface area (Å²) >= 11 is 0. The van der Waals surface area contributed by atoms with Crippen LogP contribution in [-0.4, -0.2) is 25.0 Å². The van der Waals surface area contributed by atoms with Crippen LogP contribution in [0.5, 0.6) is 0 Å². The molecule has 2 rings (SSSR count). The molecule has 18 heavy (non-hydrogen) atoms. The van der Waals surface area contributed by atoms with Gasteiger partial charge in [0, 0.05) is 12.2 Å². The predicted molar refractivity (Wildman–Crippen MR) is 70.2 cm³/mol. The molecule has 94 valence electrons. The van der Waals surface area contributed by atoms with Crippen molar-refractivity contribution in [2.24, 2.45) is 0 Å².